The van der Waals surface area contributed by atoms with Gasteiger partial charge in [0, 0.05) is 5.56 Å². The average Bonchev–Trinajstić information content (AvgIpc) is 2.55. The van der Waals surface area contributed by atoms with Crippen molar-refractivity contribution in [2.75, 3.05) is 6.61 Å². The molecule has 4 nitrogen and oxygen atoms in total. The van der Waals surface area contributed by atoms with Gasteiger partial charge in [-0.3, -0.25) is 4.79 Å². The first kappa shape index (κ1) is 16.0. The second-order valence-corrected chi connectivity index (χ2v) is 5.17. The maximum Gasteiger partial charge on any atom is 0.345 e. The van der Waals surface area contributed by atoms with Crippen LogP contribution in [-0.4, -0.2) is 24.5 Å². The number of ether oxygens (including phenoxy) is 2. The lowest BCUT2D eigenvalue weighted by molar-refractivity contribution is -0.141. The van der Waals surface area contributed by atoms with Crippen LogP contribution in [0.15, 0.2) is 48.6 Å². The second-order valence-electron chi connectivity index (χ2n) is 5.17. The van der Waals surface area contributed by atoms with Crippen molar-refractivity contribution in [3.8, 4) is 0 Å². The largest absolute Gasteiger partial charge is 0.488 e. The van der Waals surface area contributed by atoms with E-state index in [4.69, 9.17) is 9.47 Å². The van der Waals surface area contributed by atoms with Crippen LogP contribution in [0.3, 0.4) is 0 Å². The van der Waals surface area contributed by atoms with E-state index in [1.165, 1.54) is 6.08 Å². The summed E-state index contributed by atoms with van der Waals surface area (Å²) in [5.41, 5.74) is 0.692. The molecule has 0 N–H and O–H groups in total. The molecule has 0 spiro atoms. The first-order valence-corrected chi connectivity index (χ1v) is 7.38. The van der Waals surface area contributed by atoms with Gasteiger partial charge in [0.05, 0.1) is 5.92 Å². The van der Waals surface area contributed by atoms with Crippen LogP contribution < -0.4 is 0 Å². The van der Waals surface area contributed by atoms with Gasteiger partial charge >= 0.3 is 5.97 Å². The van der Waals surface area contributed by atoms with Gasteiger partial charge in [-0.05, 0) is 6.42 Å². The zero-order chi connectivity index (χ0) is 16.1. The highest BCUT2D eigenvalue weighted by atomic mass is 16.5. The molecule has 1 aromatic rings. The second kappa shape index (κ2) is 7.07. The lowest BCUT2D eigenvalue weighted by Crippen LogP contribution is -2.37. The summed E-state index contributed by atoms with van der Waals surface area (Å²) in [5.74, 6) is -0.954. The molecule has 2 rings (SSSR count). The van der Waals surface area contributed by atoms with E-state index in [1.807, 2.05) is 37.3 Å². The number of Topliss-reactive ketones (excluding diaryl/α,β-unsaturated/α-hetero) is 1. The Balaban J connectivity index is 2.50. The Hall–Kier alpha value is -2.36. The van der Waals surface area contributed by atoms with Crippen molar-refractivity contribution in [2.24, 2.45) is 5.92 Å². The fourth-order valence-corrected chi connectivity index (χ4v) is 2.46. The first-order chi connectivity index (χ1) is 10.6. The average molecular weight is 300 g/mol. The summed E-state index contributed by atoms with van der Waals surface area (Å²) >= 11 is 0. The molecular weight excluding hydrogens is 280 g/mol. The van der Waals surface area contributed by atoms with Crippen LogP contribution in [0.1, 0.15) is 25.8 Å². The van der Waals surface area contributed by atoms with E-state index < -0.39 is 5.97 Å². The van der Waals surface area contributed by atoms with E-state index in [1.54, 1.807) is 6.92 Å². The number of benzene rings is 1. The number of carbonyl (C=O) groups is 2. The SMILES string of the molecule is C=CCOC(=O)C1=C(c2ccccc2)OC(CC)C(C)C1=O. The van der Waals surface area contributed by atoms with E-state index in [0.717, 1.165) is 0 Å². The van der Waals surface area contributed by atoms with Crippen molar-refractivity contribution in [3.05, 3.63) is 54.1 Å². The molecular formula is C18H20O4. The molecule has 22 heavy (non-hydrogen) atoms. The van der Waals surface area contributed by atoms with Gasteiger partial charge in [0.2, 0.25) is 0 Å². The highest BCUT2D eigenvalue weighted by molar-refractivity contribution is 6.23. The van der Waals surface area contributed by atoms with Crippen LogP contribution in [-0.2, 0) is 19.1 Å². The highest BCUT2D eigenvalue weighted by Crippen LogP contribution is 2.33. The summed E-state index contributed by atoms with van der Waals surface area (Å²) in [6.07, 6.45) is 1.92. The van der Waals surface area contributed by atoms with E-state index in [0.29, 0.717) is 17.7 Å². The summed E-state index contributed by atoms with van der Waals surface area (Å²) in [4.78, 5) is 24.9. The fraction of sp³-hybridized carbons (Fsp3) is 0.333. The quantitative estimate of drug-likeness (QED) is 0.476. The smallest absolute Gasteiger partial charge is 0.345 e. The van der Waals surface area contributed by atoms with Crippen molar-refractivity contribution in [1.29, 1.82) is 0 Å². The van der Waals surface area contributed by atoms with Gasteiger partial charge in [-0.2, -0.15) is 0 Å². The highest BCUT2D eigenvalue weighted by Gasteiger charge is 2.39. The van der Waals surface area contributed by atoms with Crippen LogP contribution in [0.4, 0.5) is 0 Å². The molecule has 2 unspecified atom stereocenters. The van der Waals surface area contributed by atoms with Gasteiger partial charge in [-0.25, -0.2) is 4.79 Å². The van der Waals surface area contributed by atoms with Crippen LogP contribution in [0.2, 0.25) is 0 Å². The number of carbonyl (C=O) groups excluding carboxylic acids is 2. The fourth-order valence-electron chi connectivity index (χ4n) is 2.46. The topological polar surface area (TPSA) is 52.6 Å². The summed E-state index contributed by atoms with van der Waals surface area (Å²) in [5, 5.41) is 0. The van der Waals surface area contributed by atoms with Crippen LogP contribution in [0.5, 0.6) is 0 Å². The Morgan fingerprint density at radius 3 is 2.64 bits per heavy atom. The van der Waals surface area contributed by atoms with Crippen LogP contribution >= 0.6 is 0 Å². The molecule has 0 fully saturated rings. The Kier molecular flexibility index (Phi) is 5.15. The van der Waals surface area contributed by atoms with Crippen molar-refractivity contribution in [2.45, 2.75) is 26.4 Å². The van der Waals surface area contributed by atoms with Crippen molar-refractivity contribution in [3.63, 3.8) is 0 Å². The maximum absolute atomic E-state index is 12.6. The van der Waals surface area contributed by atoms with Crippen molar-refractivity contribution < 1.29 is 19.1 Å². The number of ketones is 1. The van der Waals surface area contributed by atoms with Gasteiger partial charge < -0.3 is 9.47 Å². The normalized spacial score (nSPS) is 21.3. The molecule has 0 amide bonds. The van der Waals surface area contributed by atoms with Gasteiger partial charge in [0.25, 0.3) is 0 Å². The van der Waals surface area contributed by atoms with Crippen LogP contribution in [0, 0.1) is 5.92 Å². The molecule has 1 aliphatic heterocycles. The van der Waals surface area contributed by atoms with Gasteiger partial charge in [-0.15, -0.1) is 0 Å². The summed E-state index contributed by atoms with van der Waals surface area (Å²) in [7, 11) is 0. The number of esters is 1. The molecule has 2 atom stereocenters. The summed E-state index contributed by atoms with van der Waals surface area (Å²) in [6.45, 7) is 7.30. The Morgan fingerprint density at radius 1 is 1.36 bits per heavy atom. The number of hydrogen-bond acceptors (Lipinski definition) is 4. The minimum Gasteiger partial charge on any atom is -0.488 e. The van der Waals surface area contributed by atoms with E-state index in [2.05, 4.69) is 6.58 Å². The maximum atomic E-state index is 12.6. The molecule has 0 radical (unpaired) electrons. The molecule has 1 heterocycles. The number of rotatable bonds is 5. The van der Waals surface area contributed by atoms with Gasteiger partial charge in [-0.1, -0.05) is 56.8 Å². The first-order valence-electron chi connectivity index (χ1n) is 7.38. The Morgan fingerprint density at radius 2 is 2.05 bits per heavy atom. The van der Waals surface area contributed by atoms with Gasteiger partial charge in [0.1, 0.15) is 24.0 Å². The molecule has 4 heteroatoms. The third kappa shape index (κ3) is 3.11. The molecule has 0 saturated heterocycles. The van der Waals surface area contributed by atoms with Crippen LogP contribution in [0.25, 0.3) is 5.76 Å². The molecule has 0 saturated carbocycles. The minimum absolute atomic E-state index is 0.00903. The third-order valence-electron chi connectivity index (χ3n) is 3.69. The number of hydrogen-bond donors (Lipinski definition) is 0. The Bertz CT molecular complexity index is 601. The lowest BCUT2D eigenvalue weighted by atomic mass is 9.88. The predicted octanol–water partition coefficient (Wildman–Crippen LogP) is 3.14. The van der Waals surface area contributed by atoms with E-state index >= 15 is 0 Å². The minimum atomic E-state index is -0.662. The molecule has 116 valence electrons. The zero-order valence-corrected chi connectivity index (χ0v) is 12.9. The van der Waals surface area contributed by atoms with E-state index in [9.17, 15) is 9.59 Å². The molecule has 0 aliphatic carbocycles. The molecule has 1 aromatic carbocycles. The monoisotopic (exact) mass is 300 g/mol. The summed E-state index contributed by atoms with van der Waals surface area (Å²) in [6, 6.07) is 9.16. The predicted molar refractivity (Wildman–Crippen MR) is 83.9 cm³/mol. The van der Waals surface area contributed by atoms with Crippen molar-refractivity contribution in [1.82, 2.24) is 0 Å². The standard InChI is InChI=1S/C18H20O4/c1-4-11-21-18(20)15-16(19)12(3)14(5-2)22-17(15)13-9-7-6-8-10-13/h4,6-10,12,14H,1,5,11H2,2-3H3. The zero-order valence-electron chi connectivity index (χ0n) is 12.9. The van der Waals surface area contributed by atoms with Gasteiger partial charge in [0.15, 0.2) is 5.78 Å². The molecule has 0 bridgehead atoms. The third-order valence-corrected chi connectivity index (χ3v) is 3.69. The van der Waals surface area contributed by atoms with E-state index in [-0.39, 0.29) is 30.0 Å². The van der Waals surface area contributed by atoms with Crippen molar-refractivity contribution >= 4 is 17.5 Å². The Labute approximate surface area is 130 Å². The summed E-state index contributed by atoms with van der Waals surface area (Å²) < 4.78 is 11.0. The molecule has 0 aromatic heterocycles. The molecule has 1 aliphatic rings. The lowest BCUT2D eigenvalue weighted by Gasteiger charge is -2.31.